The van der Waals surface area contributed by atoms with Gasteiger partial charge in [-0.25, -0.2) is 4.98 Å². The minimum Gasteiger partial charge on any atom is -0.338 e. The van der Waals surface area contributed by atoms with E-state index in [0.717, 1.165) is 42.9 Å². The Labute approximate surface area is 136 Å². The molecule has 0 saturated heterocycles. The Bertz CT molecular complexity index is 846. The molecule has 3 heteroatoms. The molecule has 0 saturated carbocycles. The molecule has 0 unspecified atom stereocenters. The Morgan fingerprint density at radius 2 is 2.00 bits per heavy atom. The van der Waals surface area contributed by atoms with Crippen molar-refractivity contribution >= 4 is 16.6 Å². The zero-order chi connectivity index (χ0) is 15.6. The maximum atomic E-state index is 4.74. The predicted molar refractivity (Wildman–Crippen MR) is 95.1 cm³/mol. The van der Waals surface area contributed by atoms with Gasteiger partial charge in [-0.05, 0) is 42.2 Å². The van der Waals surface area contributed by atoms with Crippen molar-refractivity contribution in [3.8, 4) is 0 Å². The summed E-state index contributed by atoms with van der Waals surface area (Å²) in [6.45, 7) is 5.20. The summed E-state index contributed by atoms with van der Waals surface area (Å²) in [7, 11) is 0. The van der Waals surface area contributed by atoms with Crippen molar-refractivity contribution in [1.82, 2.24) is 14.9 Å². The second kappa shape index (κ2) is 6.01. The van der Waals surface area contributed by atoms with Crippen LogP contribution in [0.15, 0.2) is 54.6 Å². The number of nitrogens with one attached hydrogen (secondary N) is 1. The third-order valence-corrected chi connectivity index (χ3v) is 4.48. The van der Waals surface area contributed by atoms with Crippen LogP contribution in [0.4, 0.5) is 0 Å². The number of aryl methyl sites for hydroxylation is 1. The zero-order valence-corrected chi connectivity index (χ0v) is 13.4. The molecule has 0 fully saturated rings. The van der Waals surface area contributed by atoms with Crippen LogP contribution in [0.2, 0.25) is 0 Å². The lowest BCUT2D eigenvalue weighted by Crippen LogP contribution is -2.28. The number of aromatic amines is 1. The number of benzene rings is 2. The van der Waals surface area contributed by atoms with Gasteiger partial charge in [0.1, 0.15) is 5.82 Å². The molecule has 23 heavy (non-hydrogen) atoms. The van der Waals surface area contributed by atoms with Gasteiger partial charge in [-0.2, -0.15) is 0 Å². The highest BCUT2D eigenvalue weighted by atomic mass is 15.1. The van der Waals surface area contributed by atoms with E-state index in [1.165, 1.54) is 16.7 Å². The van der Waals surface area contributed by atoms with Gasteiger partial charge >= 0.3 is 0 Å². The lowest BCUT2D eigenvalue weighted by Gasteiger charge is -2.25. The number of aromatic nitrogens is 2. The van der Waals surface area contributed by atoms with Gasteiger partial charge in [-0.1, -0.05) is 42.5 Å². The number of H-pyrrole nitrogens is 1. The SMILES string of the molecule is Cc1ccc2nc(C3=CCN(Cc4ccccc4)CC3)[nH]c2c1. The number of hydrogen-bond donors (Lipinski definition) is 1. The lowest BCUT2D eigenvalue weighted by molar-refractivity contribution is 0.293. The minimum absolute atomic E-state index is 0.986. The molecule has 0 aliphatic carbocycles. The first-order valence-corrected chi connectivity index (χ1v) is 8.20. The second-order valence-corrected chi connectivity index (χ2v) is 6.31. The van der Waals surface area contributed by atoms with Crippen LogP contribution in [0.25, 0.3) is 16.6 Å². The van der Waals surface area contributed by atoms with E-state index >= 15 is 0 Å². The van der Waals surface area contributed by atoms with Gasteiger partial charge in [-0.3, -0.25) is 4.90 Å². The normalized spacial score (nSPS) is 15.8. The molecule has 0 bridgehead atoms. The number of hydrogen-bond acceptors (Lipinski definition) is 2. The Kier molecular flexibility index (Phi) is 3.72. The van der Waals surface area contributed by atoms with Crippen LogP contribution < -0.4 is 0 Å². The van der Waals surface area contributed by atoms with Crippen molar-refractivity contribution in [3.63, 3.8) is 0 Å². The van der Waals surface area contributed by atoms with E-state index in [1.807, 2.05) is 0 Å². The molecule has 116 valence electrons. The zero-order valence-electron chi connectivity index (χ0n) is 13.4. The molecule has 0 radical (unpaired) electrons. The average Bonchev–Trinajstić information content (AvgIpc) is 2.99. The minimum atomic E-state index is 0.986. The Morgan fingerprint density at radius 3 is 2.78 bits per heavy atom. The fourth-order valence-corrected chi connectivity index (χ4v) is 3.19. The standard InChI is InChI=1S/C20H21N3/c1-15-7-8-18-19(13-15)22-20(21-18)17-9-11-23(12-10-17)14-16-5-3-2-4-6-16/h2-9,13H,10-12,14H2,1H3,(H,21,22). The average molecular weight is 303 g/mol. The highest BCUT2D eigenvalue weighted by Crippen LogP contribution is 2.24. The lowest BCUT2D eigenvalue weighted by atomic mass is 10.1. The Hall–Kier alpha value is -2.39. The molecule has 1 N–H and O–H groups in total. The van der Waals surface area contributed by atoms with Crippen LogP contribution in [0.3, 0.4) is 0 Å². The molecule has 4 rings (SSSR count). The van der Waals surface area contributed by atoms with Gasteiger partial charge < -0.3 is 4.98 Å². The van der Waals surface area contributed by atoms with Gasteiger partial charge in [0, 0.05) is 19.6 Å². The van der Waals surface area contributed by atoms with E-state index in [2.05, 4.69) is 71.4 Å². The summed E-state index contributed by atoms with van der Waals surface area (Å²) in [4.78, 5) is 10.7. The van der Waals surface area contributed by atoms with Crippen LogP contribution in [0.5, 0.6) is 0 Å². The van der Waals surface area contributed by atoms with E-state index in [1.54, 1.807) is 0 Å². The van der Waals surface area contributed by atoms with Gasteiger partial charge in [0.05, 0.1) is 11.0 Å². The molecule has 1 aliphatic rings. The van der Waals surface area contributed by atoms with Crippen molar-refractivity contribution in [1.29, 1.82) is 0 Å². The predicted octanol–water partition coefficient (Wildman–Crippen LogP) is 4.16. The van der Waals surface area contributed by atoms with E-state index in [4.69, 9.17) is 4.98 Å². The third-order valence-electron chi connectivity index (χ3n) is 4.48. The first kappa shape index (κ1) is 14.2. The highest BCUT2D eigenvalue weighted by molar-refractivity contribution is 5.79. The molecule has 1 aliphatic heterocycles. The van der Waals surface area contributed by atoms with E-state index in [9.17, 15) is 0 Å². The van der Waals surface area contributed by atoms with Crippen molar-refractivity contribution < 1.29 is 0 Å². The summed E-state index contributed by atoms with van der Waals surface area (Å²) < 4.78 is 0. The fraction of sp³-hybridized carbons (Fsp3) is 0.250. The van der Waals surface area contributed by atoms with Crippen LogP contribution in [0, 0.1) is 6.92 Å². The fourth-order valence-electron chi connectivity index (χ4n) is 3.19. The number of rotatable bonds is 3. The molecule has 2 heterocycles. The molecule has 0 spiro atoms. The molecular weight excluding hydrogens is 282 g/mol. The smallest absolute Gasteiger partial charge is 0.134 e. The van der Waals surface area contributed by atoms with Crippen molar-refractivity contribution in [3.05, 3.63) is 71.6 Å². The third kappa shape index (κ3) is 3.06. The quantitative estimate of drug-likeness (QED) is 0.788. The molecular formula is C20H21N3. The first-order chi connectivity index (χ1) is 11.3. The number of nitrogens with zero attached hydrogens (tertiary/aromatic N) is 2. The van der Waals surface area contributed by atoms with E-state index < -0.39 is 0 Å². The molecule has 3 nitrogen and oxygen atoms in total. The van der Waals surface area contributed by atoms with Crippen LogP contribution in [0.1, 0.15) is 23.4 Å². The van der Waals surface area contributed by atoms with Gasteiger partial charge in [0.2, 0.25) is 0 Å². The molecule has 0 amide bonds. The van der Waals surface area contributed by atoms with Crippen molar-refractivity contribution in [2.45, 2.75) is 19.9 Å². The van der Waals surface area contributed by atoms with E-state index in [0.29, 0.717) is 0 Å². The van der Waals surface area contributed by atoms with Crippen LogP contribution in [-0.4, -0.2) is 28.0 Å². The monoisotopic (exact) mass is 303 g/mol. The maximum absolute atomic E-state index is 4.74. The summed E-state index contributed by atoms with van der Waals surface area (Å²) in [6.07, 6.45) is 3.36. The summed E-state index contributed by atoms with van der Waals surface area (Å²) in [5.41, 5.74) is 6.16. The largest absolute Gasteiger partial charge is 0.338 e. The summed E-state index contributed by atoms with van der Waals surface area (Å²) in [5.74, 6) is 1.03. The molecule has 3 aromatic rings. The number of fused-ring (bicyclic) bond motifs is 1. The highest BCUT2D eigenvalue weighted by Gasteiger charge is 2.15. The molecule has 1 aromatic heterocycles. The van der Waals surface area contributed by atoms with Gasteiger partial charge in [0.15, 0.2) is 0 Å². The summed E-state index contributed by atoms with van der Waals surface area (Å²) >= 11 is 0. The van der Waals surface area contributed by atoms with Crippen LogP contribution in [-0.2, 0) is 6.54 Å². The van der Waals surface area contributed by atoms with Gasteiger partial charge in [0.25, 0.3) is 0 Å². The topological polar surface area (TPSA) is 31.9 Å². The first-order valence-electron chi connectivity index (χ1n) is 8.20. The molecule has 2 aromatic carbocycles. The van der Waals surface area contributed by atoms with Crippen molar-refractivity contribution in [2.24, 2.45) is 0 Å². The summed E-state index contributed by atoms with van der Waals surface area (Å²) in [5, 5.41) is 0. The Morgan fingerprint density at radius 1 is 1.13 bits per heavy atom. The van der Waals surface area contributed by atoms with Crippen LogP contribution >= 0.6 is 0 Å². The number of imidazole rings is 1. The molecule has 0 atom stereocenters. The maximum Gasteiger partial charge on any atom is 0.134 e. The van der Waals surface area contributed by atoms with E-state index in [-0.39, 0.29) is 0 Å². The Balaban J connectivity index is 1.50. The second-order valence-electron chi connectivity index (χ2n) is 6.31. The van der Waals surface area contributed by atoms with Gasteiger partial charge in [-0.15, -0.1) is 0 Å². The van der Waals surface area contributed by atoms with Crippen molar-refractivity contribution in [2.75, 3.05) is 13.1 Å². The summed E-state index contributed by atoms with van der Waals surface area (Å²) in [6, 6.07) is 17.0.